The van der Waals surface area contributed by atoms with Gasteiger partial charge in [0.05, 0.1) is 18.3 Å². The highest BCUT2D eigenvalue weighted by molar-refractivity contribution is 6.31. The van der Waals surface area contributed by atoms with Crippen LogP contribution in [0.15, 0.2) is 36.4 Å². The topological polar surface area (TPSA) is 60.7 Å². The van der Waals surface area contributed by atoms with E-state index in [0.717, 1.165) is 5.56 Å². The summed E-state index contributed by atoms with van der Waals surface area (Å²) in [6, 6.07) is 9.66. The van der Waals surface area contributed by atoms with Crippen LogP contribution in [0.5, 0.6) is 5.75 Å². The molecule has 2 aromatic carbocycles. The molecular formula is C16H16ClFO3. The van der Waals surface area contributed by atoms with Gasteiger partial charge in [-0.15, -0.1) is 0 Å². The van der Waals surface area contributed by atoms with E-state index >= 15 is 0 Å². The summed E-state index contributed by atoms with van der Waals surface area (Å²) in [5.74, 6) is -0.174. The van der Waals surface area contributed by atoms with E-state index in [-0.39, 0.29) is 22.9 Å². The van der Waals surface area contributed by atoms with Gasteiger partial charge in [0, 0.05) is 12.0 Å². The maximum absolute atomic E-state index is 12.3. The van der Waals surface area contributed by atoms with Gasteiger partial charge in [-0.2, -0.15) is 0 Å². The molecule has 0 saturated carbocycles. The summed E-state index contributed by atoms with van der Waals surface area (Å²) < 4.78 is 12.3. The number of aryl methyl sites for hydroxylation is 1. The van der Waals surface area contributed by atoms with E-state index in [9.17, 15) is 14.6 Å². The van der Waals surface area contributed by atoms with Crippen molar-refractivity contribution in [2.45, 2.75) is 19.1 Å². The standard InChI is InChI=1S/C16H16ClFO3/c17-13-7-11(9-19)8-14(20)15(13)16(21)12-3-1-10(2-4-12)5-6-18/h1-4,7-8,16,19-21H,5-6,9H2. The lowest BCUT2D eigenvalue weighted by molar-refractivity contribution is 0.215. The SMILES string of the molecule is OCc1cc(O)c(C(O)c2ccc(CCF)cc2)c(Cl)c1. The Balaban J connectivity index is 2.33. The maximum atomic E-state index is 12.3. The summed E-state index contributed by atoms with van der Waals surface area (Å²) in [5, 5.41) is 29.6. The Morgan fingerprint density at radius 3 is 2.29 bits per heavy atom. The van der Waals surface area contributed by atoms with Crippen molar-refractivity contribution in [1.29, 1.82) is 0 Å². The number of phenolic OH excluding ortho intramolecular Hbond substituents is 1. The van der Waals surface area contributed by atoms with Gasteiger partial charge in [-0.05, 0) is 28.8 Å². The third-order valence-electron chi connectivity index (χ3n) is 3.30. The monoisotopic (exact) mass is 310 g/mol. The molecule has 0 radical (unpaired) electrons. The lowest BCUT2D eigenvalue weighted by Gasteiger charge is -2.16. The van der Waals surface area contributed by atoms with E-state index < -0.39 is 12.8 Å². The molecule has 0 fully saturated rings. The Morgan fingerprint density at radius 1 is 1.10 bits per heavy atom. The highest BCUT2D eigenvalue weighted by atomic mass is 35.5. The molecule has 0 amide bonds. The molecule has 0 saturated heterocycles. The van der Waals surface area contributed by atoms with Crippen LogP contribution in [0, 0.1) is 0 Å². The molecule has 0 heterocycles. The number of alkyl halides is 1. The zero-order valence-corrected chi connectivity index (χ0v) is 12.0. The fourth-order valence-corrected chi connectivity index (χ4v) is 2.50. The van der Waals surface area contributed by atoms with E-state index in [4.69, 9.17) is 16.7 Å². The zero-order chi connectivity index (χ0) is 15.4. The highest BCUT2D eigenvalue weighted by Gasteiger charge is 2.19. The molecule has 112 valence electrons. The van der Waals surface area contributed by atoms with Crippen molar-refractivity contribution in [3.63, 3.8) is 0 Å². The van der Waals surface area contributed by atoms with E-state index in [1.54, 1.807) is 24.3 Å². The molecule has 2 rings (SSSR count). The fourth-order valence-electron chi connectivity index (χ4n) is 2.16. The molecule has 3 N–H and O–H groups in total. The number of aromatic hydroxyl groups is 1. The van der Waals surface area contributed by atoms with Crippen LogP contribution in [0.3, 0.4) is 0 Å². The van der Waals surface area contributed by atoms with Crippen LogP contribution in [0.25, 0.3) is 0 Å². The van der Waals surface area contributed by atoms with Crippen LogP contribution >= 0.6 is 11.6 Å². The minimum Gasteiger partial charge on any atom is -0.507 e. The molecule has 0 aliphatic carbocycles. The molecule has 1 atom stereocenters. The number of hydrogen-bond acceptors (Lipinski definition) is 3. The van der Waals surface area contributed by atoms with E-state index in [1.165, 1.54) is 12.1 Å². The van der Waals surface area contributed by atoms with Gasteiger partial charge in [-0.25, -0.2) is 0 Å². The number of halogens is 2. The van der Waals surface area contributed by atoms with E-state index in [2.05, 4.69) is 0 Å². The summed E-state index contributed by atoms with van der Waals surface area (Å²) >= 11 is 6.06. The molecule has 0 aliphatic rings. The second-order valence-electron chi connectivity index (χ2n) is 4.75. The average Bonchev–Trinajstić information content (AvgIpc) is 2.47. The first-order chi connectivity index (χ1) is 10.1. The number of benzene rings is 2. The smallest absolute Gasteiger partial charge is 0.123 e. The lowest BCUT2D eigenvalue weighted by atomic mass is 9.98. The first kappa shape index (κ1) is 15.8. The summed E-state index contributed by atoms with van der Waals surface area (Å²) in [4.78, 5) is 0. The number of rotatable bonds is 5. The fraction of sp³-hybridized carbons (Fsp3) is 0.250. The molecule has 0 bridgehead atoms. The van der Waals surface area contributed by atoms with Crippen molar-refractivity contribution in [3.8, 4) is 5.75 Å². The van der Waals surface area contributed by atoms with Crippen molar-refractivity contribution in [1.82, 2.24) is 0 Å². The largest absolute Gasteiger partial charge is 0.507 e. The van der Waals surface area contributed by atoms with Crippen molar-refractivity contribution < 1.29 is 19.7 Å². The quantitative estimate of drug-likeness (QED) is 0.795. The Labute approximate surface area is 127 Å². The first-order valence-corrected chi connectivity index (χ1v) is 6.89. The van der Waals surface area contributed by atoms with Gasteiger partial charge < -0.3 is 15.3 Å². The van der Waals surface area contributed by atoms with E-state index in [0.29, 0.717) is 17.5 Å². The van der Waals surface area contributed by atoms with Crippen molar-refractivity contribution in [3.05, 3.63) is 63.7 Å². The first-order valence-electron chi connectivity index (χ1n) is 6.51. The third-order valence-corrected chi connectivity index (χ3v) is 3.61. The number of aliphatic hydroxyl groups is 2. The number of hydrogen-bond donors (Lipinski definition) is 3. The second-order valence-corrected chi connectivity index (χ2v) is 5.16. The summed E-state index contributed by atoms with van der Waals surface area (Å²) in [6.07, 6.45) is -0.766. The lowest BCUT2D eigenvalue weighted by Crippen LogP contribution is -2.02. The van der Waals surface area contributed by atoms with Gasteiger partial charge in [0.1, 0.15) is 11.9 Å². The summed E-state index contributed by atoms with van der Waals surface area (Å²) in [5.41, 5.74) is 2.03. The third kappa shape index (κ3) is 3.53. The Kier molecular flexibility index (Phi) is 5.17. The minimum atomic E-state index is -1.09. The van der Waals surface area contributed by atoms with Crippen LogP contribution in [-0.2, 0) is 13.0 Å². The zero-order valence-electron chi connectivity index (χ0n) is 11.3. The maximum Gasteiger partial charge on any atom is 0.123 e. The van der Waals surface area contributed by atoms with Crippen LogP contribution in [0.2, 0.25) is 5.02 Å². The number of phenols is 1. The van der Waals surface area contributed by atoms with Crippen LogP contribution in [-0.4, -0.2) is 22.0 Å². The average molecular weight is 311 g/mol. The molecule has 1 unspecified atom stereocenters. The van der Waals surface area contributed by atoms with Gasteiger partial charge in [0.2, 0.25) is 0 Å². The van der Waals surface area contributed by atoms with Crippen LogP contribution in [0.4, 0.5) is 4.39 Å². The Morgan fingerprint density at radius 2 is 1.76 bits per heavy atom. The van der Waals surface area contributed by atoms with Crippen LogP contribution in [0.1, 0.15) is 28.4 Å². The molecule has 0 aliphatic heterocycles. The molecule has 0 spiro atoms. The summed E-state index contributed by atoms with van der Waals surface area (Å²) in [7, 11) is 0. The normalized spacial score (nSPS) is 12.4. The predicted molar refractivity (Wildman–Crippen MR) is 79.2 cm³/mol. The van der Waals surface area contributed by atoms with Gasteiger partial charge in [0.25, 0.3) is 0 Å². The van der Waals surface area contributed by atoms with Crippen molar-refractivity contribution in [2.24, 2.45) is 0 Å². The van der Waals surface area contributed by atoms with Gasteiger partial charge in [-0.1, -0.05) is 35.9 Å². The predicted octanol–water partition coefficient (Wildman–Crippen LogP) is 3.13. The van der Waals surface area contributed by atoms with Gasteiger partial charge in [0.15, 0.2) is 0 Å². The van der Waals surface area contributed by atoms with Crippen LogP contribution < -0.4 is 0 Å². The number of aliphatic hydroxyl groups excluding tert-OH is 2. The highest BCUT2D eigenvalue weighted by Crippen LogP contribution is 2.36. The van der Waals surface area contributed by atoms with Crippen molar-refractivity contribution >= 4 is 11.6 Å². The molecule has 3 nitrogen and oxygen atoms in total. The Hall–Kier alpha value is -1.62. The molecule has 0 aromatic heterocycles. The minimum absolute atomic E-state index is 0.174. The van der Waals surface area contributed by atoms with Gasteiger partial charge >= 0.3 is 0 Å². The van der Waals surface area contributed by atoms with Gasteiger partial charge in [-0.3, -0.25) is 4.39 Å². The molecule has 21 heavy (non-hydrogen) atoms. The van der Waals surface area contributed by atoms with Crippen molar-refractivity contribution in [2.75, 3.05) is 6.67 Å². The second kappa shape index (κ2) is 6.89. The summed E-state index contributed by atoms with van der Waals surface area (Å²) in [6.45, 7) is -0.682. The van der Waals surface area contributed by atoms with E-state index in [1.807, 2.05) is 0 Å². The molecular weight excluding hydrogens is 295 g/mol. The molecule has 5 heteroatoms. The molecule has 2 aromatic rings. The Bertz CT molecular complexity index is 590.